The van der Waals surface area contributed by atoms with E-state index in [0.29, 0.717) is 28.1 Å². The molecule has 0 aromatic carbocycles. The van der Waals surface area contributed by atoms with Gasteiger partial charge in [0.2, 0.25) is 5.95 Å². The Hall–Kier alpha value is -3.14. The minimum absolute atomic E-state index is 0.122. The molecule has 9 nitrogen and oxygen atoms in total. The van der Waals surface area contributed by atoms with E-state index in [1.807, 2.05) is 0 Å². The molecule has 2 fully saturated rings. The second-order valence-corrected chi connectivity index (χ2v) is 7.36. The Morgan fingerprint density at radius 3 is 2.86 bits per heavy atom. The molecule has 2 amide bonds. The van der Waals surface area contributed by atoms with E-state index < -0.39 is 5.91 Å². The fourth-order valence-electron chi connectivity index (χ4n) is 3.03. The van der Waals surface area contributed by atoms with Gasteiger partial charge in [0.05, 0.1) is 22.9 Å². The van der Waals surface area contributed by atoms with E-state index in [-0.39, 0.29) is 11.3 Å². The minimum Gasteiger partial charge on any atom is -0.461 e. The molecular weight excluding hydrogens is 380 g/mol. The second-order valence-electron chi connectivity index (χ2n) is 6.34. The van der Waals surface area contributed by atoms with Gasteiger partial charge in [-0.1, -0.05) is 0 Å². The third-order valence-corrected chi connectivity index (χ3v) is 5.24. The number of furan rings is 1. The van der Waals surface area contributed by atoms with E-state index in [2.05, 4.69) is 25.2 Å². The normalized spacial score (nSPS) is 20.1. The molecule has 10 heteroatoms. The number of hydrogen-bond acceptors (Lipinski definition) is 8. The summed E-state index contributed by atoms with van der Waals surface area (Å²) in [6, 6.07) is 5.40. The van der Waals surface area contributed by atoms with Gasteiger partial charge in [-0.25, -0.2) is 9.97 Å². The van der Waals surface area contributed by atoms with Crippen molar-refractivity contribution in [1.82, 2.24) is 15.3 Å². The van der Waals surface area contributed by atoms with Crippen molar-refractivity contribution in [2.24, 2.45) is 10.7 Å². The average molecular weight is 398 g/mol. The van der Waals surface area contributed by atoms with Gasteiger partial charge >= 0.3 is 0 Å². The zero-order valence-corrected chi connectivity index (χ0v) is 15.7. The molecule has 2 aromatic heterocycles. The van der Waals surface area contributed by atoms with Gasteiger partial charge in [-0.15, -0.1) is 0 Å². The molecule has 4 heterocycles. The van der Waals surface area contributed by atoms with Crippen LogP contribution >= 0.6 is 11.8 Å². The molecule has 2 aliphatic rings. The Morgan fingerprint density at radius 1 is 1.36 bits per heavy atom. The predicted octanol–water partition coefficient (Wildman–Crippen LogP) is 1.77. The number of rotatable bonds is 4. The number of nitrogens with two attached hydrogens (primary N) is 1. The number of hydrogen-bond donors (Lipinski definition) is 2. The van der Waals surface area contributed by atoms with Crippen LogP contribution in [0.15, 0.2) is 45.0 Å². The Kier molecular flexibility index (Phi) is 5.11. The van der Waals surface area contributed by atoms with E-state index in [1.165, 1.54) is 0 Å². The number of amides is 2. The van der Waals surface area contributed by atoms with Crippen LogP contribution in [0, 0.1) is 0 Å². The van der Waals surface area contributed by atoms with E-state index in [9.17, 15) is 9.59 Å². The van der Waals surface area contributed by atoms with Crippen molar-refractivity contribution in [2.45, 2.75) is 18.9 Å². The van der Waals surface area contributed by atoms with Gasteiger partial charge in [0.25, 0.3) is 11.1 Å². The number of anilines is 1. The van der Waals surface area contributed by atoms with Crippen LogP contribution in [0.5, 0.6) is 0 Å². The van der Waals surface area contributed by atoms with Crippen molar-refractivity contribution in [1.29, 1.82) is 0 Å². The van der Waals surface area contributed by atoms with Gasteiger partial charge in [0.15, 0.2) is 11.6 Å². The lowest BCUT2D eigenvalue weighted by atomic mass is 10.1. The molecule has 0 saturated carbocycles. The molecule has 0 aliphatic carbocycles. The van der Waals surface area contributed by atoms with Gasteiger partial charge in [0, 0.05) is 19.3 Å². The molecule has 0 radical (unpaired) electrons. The lowest BCUT2D eigenvalue weighted by Gasteiger charge is -2.30. The smallest absolute Gasteiger partial charge is 0.290 e. The third kappa shape index (κ3) is 4.06. The zero-order valence-electron chi connectivity index (χ0n) is 14.9. The summed E-state index contributed by atoms with van der Waals surface area (Å²) >= 11 is 0.868. The highest BCUT2D eigenvalue weighted by atomic mass is 32.2. The number of imide groups is 1. The van der Waals surface area contributed by atoms with E-state index >= 15 is 0 Å². The first-order chi connectivity index (χ1) is 13.6. The van der Waals surface area contributed by atoms with Gasteiger partial charge < -0.3 is 15.1 Å². The Bertz CT molecular complexity index is 948. The first-order valence-electron chi connectivity index (χ1n) is 8.78. The molecule has 0 atom stereocenters. The summed E-state index contributed by atoms with van der Waals surface area (Å²) in [6.07, 6.45) is 6.46. The topological polar surface area (TPSA) is 127 Å². The molecule has 0 spiro atoms. The Balaban J connectivity index is 1.41. The molecule has 28 heavy (non-hydrogen) atoms. The molecule has 2 aliphatic heterocycles. The van der Waals surface area contributed by atoms with Crippen molar-refractivity contribution in [3.63, 3.8) is 0 Å². The van der Waals surface area contributed by atoms with Crippen LogP contribution in [0.4, 0.5) is 10.7 Å². The maximum Gasteiger partial charge on any atom is 0.290 e. The summed E-state index contributed by atoms with van der Waals surface area (Å²) in [5.41, 5.74) is 6.57. The van der Waals surface area contributed by atoms with Gasteiger partial charge in [-0.3, -0.25) is 19.9 Å². The highest BCUT2D eigenvalue weighted by Crippen LogP contribution is 2.25. The number of thioether (sulfide) groups is 1. The van der Waals surface area contributed by atoms with Gasteiger partial charge in [-0.05, 0) is 48.9 Å². The molecule has 4 rings (SSSR count). The van der Waals surface area contributed by atoms with Crippen LogP contribution in [0.3, 0.4) is 0 Å². The lowest BCUT2D eigenvalue weighted by molar-refractivity contribution is -0.115. The summed E-state index contributed by atoms with van der Waals surface area (Å²) in [7, 11) is 0. The van der Waals surface area contributed by atoms with Crippen LogP contribution in [-0.4, -0.2) is 46.1 Å². The highest BCUT2D eigenvalue weighted by Gasteiger charge is 2.25. The number of carbonyl (C=O) groups is 2. The van der Waals surface area contributed by atoms with E-state index in [1.54, 1.807) is 36.7 Å². The summed E-state index contributed by atoms with van der Waals surface area (Å²) in [5.74, 6) is 1.18. The Labute approximate surface area is 165 Å². The maximum absolute atomic E-state index is 11.7. The van der Waals surface area contributed by atoms with Crippen LogP contribution < -0.4 is 16.0 Å². The Morgan fingerprint density at radius 2 is 2.18 bits per heavy atom. The molecule has 0 bridgehead atoms. The average Bonchev–Trinajstić information content (AvgIpc) is 3.33. The summed E-state index contributed by atoms with van der Waals surface area (Å²) in [5, 5.41) is 1.86. The fraction of sp³-hybridized carbons (Fsp3) is 0.278. The third-order valence-electron chi connectivity index (χ3n) is 4.43. The predicted molar refractivity (Wildman–Crippen MR) is 106 cm³/mol. The van der Waals surface area contributed by atoms with Crippen LogP contribution in [0.2, 0.25) is 0 Å². The first kappa shape index (κ1) is 18.2. The van der Waals surface area contributed by atoms with Gasteiger partial charge in [0.1, 0.15) is 0 Å². The van der Waals surface area contributed by atoms with Crippen molar-refractivity contribution in [3.8, 4) is 0 Å². The van der Waals surface area contributed by atoms with E-state index in [0.717, 1.165) is 37.7 Å². The first-order valence-corrected chi connectivity index (χ1v) is 9.60. The highest BCUT2D eigenvalue weighted by molar-refractivity contribution is 8.18. The number of piperidine rings is 1. The number of amidine groups is 1. The van der Waals surface area contributed by atoms with E-state index in [4.69, 9.17) is 10.2 Å². The summed E-state index contributed by atoms with van der Waals surface area (Å²) in [6.45, 7) is 1.49. The van der Waals surface area contributed by atoms with Crippen LogP contribution in [-0.2, 0) is 4.79 Å². The largest absolute Gasteiger partial charge is 0.461 e. The molecule has 2 saturated heterocycles. The molecule has 0 unspecified atom stereocenters. The number of carbonyl (C=O) groups excluding carboxylic acids is 2. The molecular formula is C18H18N6O3S. The number of aromatic nitrogens is 2. The summed E-state index contributed by atoms with van der Waals surface area (Å²) < 4.78 is 5.27. The minimum atomic E-state index is -0.400. The van der Waals surface area contributed by atoms with Crippen LogP contribution in [0.25, 0.3) is 6.08 Å². The van der Waals surface area contributed by atoms with Crippen LogP contribution in [0.1, 0.15) is 24.3 Å². The molecule has 144 valence electrons. The number of nitrogens with one attached hydrogen (secondary N) is 1. The summed E-state index contributed by atoms with van der Waals surface area (Å²) in [4.78, 5) is 38.7. The standard InChI is InChI=1S/C18H18N6O3S/c19-15(13-2-1-9-27-13)21-11-4-7-24(8-5-11)17-20-6-3-12(22-17)10-14-16(25)23-18(26)28-14/h1-3,6,9-11H,4-5,7-8H2,(H2,19,21)(H,23,25,26)/b14-10+. The quantitative estimate of drug-likeness (QED) is 0.453. The lowest BCUT2D eigenvalue weighted by Crippen LogP contribution is -2.37. The molecule has 2 aromatic rings. The monoisotopic (exact) mass is 398 g/mol. The van der Waals surface area contributed by atoms with Crippen molar-refractivity contribution < 1.29 is 14.0 Å². The maximum atomic E-state index is 11.7. The number of nitrogens with zero attached hydrogens (tertiary/aromatic N) is 4. The van der Waals surface area contributed by atoms with Gasteiger partial charge in [-0.2, -0.15) is 0 Å². The fourth-order valence-corrected chi connectivity index (χ4v) is 3.70. The molecule has 3 N–H and O–H groups in total. The SMILES string of the molecule is NC(=NC1CCN(c2nccc(/C=C3/SC(=O)NC3=O)n2)CC1)c1ccco1. The zero-order chi connectivity index (χ0) is 19.5. The van der Waals surface area contributed by atoms with Crippen molar-refractivity contribution in [3.05, 3.63) is 47.0 Å². The van der Waals surface area contributed by atoms with Crippen molar-refractivity contribution >= 4 is 40.8 Å². The second kappa shape index (κ2) is 7.85. The van der Waals surface area contributed by atoms with Crippen molar-refractivity contribution in [2.75, 3.05) is 18.0 Å². The number of aliphatic imine (C=N–C) groups is 1.